The molecule has 6 rings (SSSR count). The van der Waals surface area contributed by atoms with Crippen LogP contribution in [0.25, 0.3) is 0 Å². The largest absolute Gasteiger partial charge is 1.00 e. The highest BCUT2D eigenvalue weighted by atomic mass is 79.9. The quantitative estimate of drug-likeness (QED) is 0.249. The zero-order chi connectivity index (χ0) is 29.0. The zero-order valence-electron chi connectivity index (χ0n) is 26.5. The van der Waals surface area contributed by atoms with Crippen molar-refractivity contribution in [3.8, 4) is 0 Å². The van der Waals surface area contributed by atoms with E-state index in [4.69, 9.17) is 14.2 Å². The summed E-state index contributed by atoms with van der Waals surface area (Å²) >= 11 is 0. The third-order valence-corrected chi connectivity index (χ3v) is 13.4. The molecule has 7 nitrogen and oxygen atoms in total. The fourth-order valence-electron chi connectivity index (χ4n) is 11.6. The molecule has 0 radical (unpaired) electrons. The first-order valence-corrected chi connectivity index (χ1v) is 16.7. The number of halogens is 1. The fraction of sp³-hybridized carbons (Fsp3) is 0.882. The van der Waals surface area contributed by atoms with Crippen LogP contribution in [0.3, 0.4) is 0 Å². The number of rotatable bonds is 6. The normalized spacial score (nSPS) is 44.6. The third kappa shape index (κ3) is 5.43. The van der Waals surface area contributed by atoms with Gasteiger partial charge in [-0.05, 0) is 73.7 Å². The smallest absolute Gasteiger partial charge is 0.303 e. The number of morpholine rings is 1. The minimum atomic E-state index is -0.147. The fourth-order valence-corrected chi connectivity index (χ4v) is 11.6. The van der Waals surface area contributed by atoms with E-state index in [-0.39, 0.29) is 58.0 Å². The van der Waals surface area contributed by atoms with Gasteiger partial charge in [-0.1, -0.05) is 20.4 Å². The second-order valence-corrected chi connectivity index (χ2v) is 15.2. The summed E-state index contributed by atoms with van der Waals surface area (Å²) < 4.78 is 19.2. The number of nitrogens with zero attached hydrogens (tertiary/aromatic N) is 2. The van der Waals surface area contributed by atoms with Crippen LogP contribution < -0.4 is 17.0 Å². The van der Waals surface area contributed by atoms with Crippen molar-refractivity contribution in [2.24, 2.45) is 34.5 Å². The number of ether oxygens (including phenoxy) is 3. The minimum Gasteiger partial charge on any atom is -1.00 e. The summed E-state index contributed by atoms with van der Waals surface area (Å²) in [7, 11) is 0. The molecule has 4 saturated carbocycles. The van der Waals surface area contributed by atoms with Gasteiger partial charge in [0.2, 0.25) is 0 Å². The van der Waals surface area contributed by atoms with E-state index in [0.717, 1.165) is 56.6 Å². The van der Waals surface area contributed by atoms with Gasteiger partial charge in [-0.15, -0.1) is 0 Å². The first-order valence-electron chi connectivity index (χ1n) is 16.7. The molecule has 42 heavy (non-hydrogen) atoms. The average Bonchev–Trinajstić information content (AvgIpc) is 3.52. The Morgan fingerprint density at radius 2 is 1.67 bits per heavy atom. The van der Waals surface area contributed by atoms with E-state index in [2.05, 4.69) is 31.4 Å². The van der Waals surface area contributed by atoms with Gasteiger partial charge in [0.05, 0.1) is 32.8 Å². The average molecular weight is 652 g/mol. The van der Waals surface area contributed by atoms with Crippen LogP contribution in [0.15, 0.2) is 12.7 Å². The number of carbonyl (C=O) groups excluding carboxylic acids is 2. The summed E-state index contributed by atoms with van der Waals surface area (Å²) in [6.45, 7) is 19.1. The maximum absolute atomic E-state index is 12.6. The molecule has 0 aromatic rings. The van der Waals surface area contributed by atoms with Gasteiger partial charge >= 0.3 is 11.9 Å². The first kappa shape index (κ1) is 32.4. The Morgan fingerprint density at radius 1 is 0.976 bits per heavy atom. The van der Waals surface area contributed by atoms with Gasteiger partial charge in [0, 0.05) is 57.7 Å². The lowest BCUT2D eigenvalue weighted by Gasteiger charge is -2.62. The van der Waals surface area contributed by atoms with Crippen LogP contribution >= 0.6 is 0 Å². The van der Waals surface area contributed by atoms with Crippen LogP contribution in [0.4, 0.5) is 0 Å². The number of quaternary nitrogens is 1. The van der Waals surface area contributed by atoms with E-state index in [0.29, 0.717) is 29.7 Å². The van der Waals surface area contributed by atoms with Gasteiger partial charge < -0.3 is 35.7 Å². The van der Waals surface area contributed by atoms with Crippen LogP contribution in [0.1, 0.15) is 85.5 Å². The maximum Gasteiger partial charge on any atom is 0.303 e. The summed E-state index contributed by atoms with van der Waals surface area (Å²) in [6, 6.07) is 0.645. The Balaban J connectivity index is 0.00000353. The summed E-state index contributed by atoms with van der Waals surface area (Å²) in [6.07, 6.45) is 12.7. The minimum absolute atomic E-state index is 0. The molecule has 0 amide bonds. The summed E-state index contributed by atoms with van der Waals surface area (Å²) in [5.41, 5.74) is 0.272. The molecule has 0 aromatic carbocycles. The maximum atomic E-state index is 12.6. The molecule has 2 saturated heterocycles. The van der Waals surface area contributed by atoms with Gasteiger partial charge in [0.25, 0.3) is 0 Å². The molecule has 6 aliphatic rings. The lowest BCUT2D eigenvalue weighted by Crippen LogP contribution is -3.00. The van der Waals surface area contributed by atoms with E-state index in [1.54, 1.807) is 13.8 Å². The van der Waals surface area contributed by atoms with Crippen molar-refractivity contribution < 1.29 is 45.3 Å². The number of hydrogen-bond donors (Lipinski definition) is 0. The van der Waals surface area contributed by atoms with Crippen molar-refractivity contribution in [1.29, 1.82) is 0 Å². The molecular weight excluding hydrogens is 596 g/mol. The van der Waals surface area contributed by atoms with Crippen molar-refractivity contribution in [2.75, 3.05) is 45.9 Å². The predicted octanol–water partition coefficient (Wildman–Crippen LogP) is 1.98. The van der Waals surface area contributed by atoms with Crippen molar-refractivity contribution in [3.05, 3.63) is 12.7 Å². The number of esters is 2. The highest BCUT2D eigenvalue weighted by molar-refractivity contribution is 5.66. The highest BCUT2D eigenvalue weighted by Crippen LogP contribution is 2.67. The van der Waals surface area contributed by atoms with Crippen molar-refractivity contribution in [1.82, 2.24) is 4.90 Å². The molecular formula is C34H55BrN2O5. The van der Waals surface area contributed by atoms with Gasteiger partial charge in [0.1, 0.15) is 12.1 Å². The molecule has 0 aromatic heterocycles. The Bertz CT molecular complexity index is 1010. The molecule has 2 heterocycles. The molecule has 6 fully saturated rings. The molecule has 0 N–H and O–H groups in total. The standard InChI is InChI=1S/C34H55N2O5.BrH/c1-6-15-36(16-7-8-17-36)30-21-28-26-10-9-25-20-31(40-23(2)37)29(35-13-18-39-19-14-35)22-34(25,5)27(26)11-12-33(28,4)32(30)41-24(3)38;/h6,25-32H,1,7-22H2,2-5H3;1H/q+1;/p-1/t25-,26+,27-,28-,29-,30-,31-,32-,33+,34+;/m0./s1. The Kier molecular flexibility index (Phi) is 9.61. The van der Waals surface area contributed by atoms with Crippen LogP contribution in [-0.2, 0) is 23.8 Å². The summed E-state index contributed by atoms with van der Waals surface area (Å²) in [4.78, 5) is 27.3. The first-order chi connectivity index (χ1) is 19.6. The van der Waals surface area contributed by atoms with E-state index in [9.17, 15) is 9.59 Å². The van der Waals surface area contributed by atoms with E-state index in [1.807, 2.05) is 0 Å². The van der Waals surface area contributed by atoms with Crippen molar-refractivity contribution in [2.45, 2.75) is 110 Å². The highest BCUT2D eigenvalue weighted by Gasteiger charge is 2.67. The number of carbonyl (C=O) groups is 2. The van der Waals surface area contributed by atoms with Crippen LogP contribution in [0.2, 0.25) is 0 Å². The van der Waals surface area contributed by atoms with Gasteiger partial charge in [0.15, 0.2) is 6.10 Å². The van der Waals surface area contributed by atoms with Crippen LogP contribution in [0.5, 0.6) is 0 Å². The second-order valence-electron chi connectivity index (χ2n) is 15.2. The second kappa shape index (κ2) is 12.4. The summed E-state index contributed by atoms with van der Waals surface area (Å²) in [5, 5.41) is 0. The Hall–Kier alpha value is -0.960. The molecule has 0 unspecified atom stereocenters. The summed E-state index contributed by atoms with van der Waals surface area (Å²) in [5.74, 6) is 2.25. The molecule has 2 aliphatic heterocycles. The predicted molar refractivity (Wildman–Crippen MR) is 158 cm³/mol. The number of hydrogen-bond acceptors (Lipinski definition) is 6. The van der Waals surface area contributed by atoms with E-state index >= 15 is 0 Å². The van der Waals surface area contributed by atoms with Gasteiger partial charge in [-0.3, -0.25) is 14.5 Å². The zero-order valence-corrected chi connectivity index (χ0v) is 28.1. The molecule has 0 spiro atoms. The van der Waals surface area contributed by atoms with Gasteiger partial charge in [-0.25, -0.2) is 0 Å². The molecule has 10 atom stereocenters. The van der Waals surface area contributed by atoms with Crippen LogP contribution in [0, 0.1) is 34.5 Å². The SMILES string of the molecule is C=CC[N+]1([C@H]2C[C@H]3[C@@H]4CC[C@H]5C[C@H](OC(C)=O)[C@@H](N6CCOCC6)C[C@@]5(C)[C@H]4CC[C@@]3(C)[C@H]2OC(C)=O)CCCC1.[Br-]. The number of likely N-dealkylation sites (tertiary alicyclic amines) is 1. The molecule has 0 bridgehead atoms. The molecule has 4 aliphatic carbocycles. The van der Waals surface area contributed by atoms with E-state index in [1.165, 1.54) is 51.6 Å². The van der Waals surface area contributed by atoms with Crippen LogP contribution in [-0.4, -0.2) is 91.6 Å². The molecule has 238 valence electrons. The Morgan fingerprint density at radius 3 is 2.31 bits per heavy atom. The van der Waals surface area contributed by atoms with Crippen molar-refractivity contribution in [3.63, 3.8) is 0 Å². The lowest BCUT2D eigenvalue weighted by atomic mass is 9.44. The topological polar surface area (TPSA) is 65.1 Å². The van der Waals surface area contributed by atoms with Gasteiger partial charge in [-0.2, -0.15) is 0 Å². The third-order valence-electron chi connectivity index (χ3n) is 13.4. The Labute approximate surface area is 264 Å². The molecule has 8 heteroatoms. The van der Waals surface area contributed by atoms with Crippen molar-refractivity contribution >= 4 is 11.9 Å². The monoisotopic (exact) mass is 650 g/mol. The van der Waals surface area contributed by atoms with E-state index < -0.39 is 0 Å². The number of fused-ring (bicyclic) bond motifs is 5. The lowest BCUT2D eigenvalue weighted by molar-refractivity contribution is -0.937.